The van der Waals surface area contributed by atoms with Crippen LogP contribution in [0.5, 0.6) is 11.5 Å². The molecule has 1 N–H and O–H groups in total. The van der Waals surface area contributed by atoms with Crippen LogP contribution in [0.3, 0.4) is 0 Å². The number of amides is 1. The summed E-state index contributed by atoms with van der Waals surface area (Å²) in [4.78, 5) is 16.9. The molecule has 9 nitrogen and oxygen atoms in total. The summed E-state index contributed by atoms with van der Waals surface area (Å²) in [7, 11) is 0.452. The predicted molar refractivity (Wildman–Crippen MR) is 145 cm³/mol. The number of benzene rings is 1. The molecular weight excluding hydrogens is 486 g/mol. The van der Waals surface area contributed by atoms with E-state index < -0.39 is 14.2 Å². The van der Waals surface area contributed by atoms with Gasteiger partial charge in [-0.15, -0.1) is 10.2 Å². The highest BCUT2D eigenvalue weighted by Gasteiger charge is 2.18. The molecule has 0 unspecified atom stereocenters. The van der Waals surface area contributed by atoms with Gasteiger partial charge in [0.05, 0.1) is 7.11 Å². The van der Waals surface area contributed by atoms with Crippen LogP contribution < -0.4 is 14.8 Å². The molecule has 1 aliphatic carbocycles. The quantitative estimate of drug-likeness (QED) is 0.267. The molecule has 37 heavy (non-hydrogen) atoms. The molecule has 1 aromatic carbocycles. The van der Waals surface area contributed by atoms with Crippen LogP contribution >= 0.6 is 0 Å². The Morgan fingerprint density at radius 3 is 2.65 bits per heavy atom. The Morgan fingerprint density at radius 1 is 1.11 bits per heavy atom. The molecule has 4 rings (SSSR count). The molecule has 2 aromatic heterocycles. The number of nitrogens with one attached hydrogen (secondary N) is 1. The van der Waals surface area contributed by atoms with E-state index in [1.807, 2.05) is 10.6 Å². The standard InChI is InChI=1S/C27H37N5O4Si/c1-34-25-11-10-23(36-27(33)30-22-8-6-5-7-9-22)15-24(25)20-14-21(17-28-16-20)26-31-29-18-32(26)19-35-12-13-37(2,3)4/h10-11,14-18,22H,5-9,12-13,19H2,1-4H3,(H,30,33). The minimum Gasteiger partial charge on any atom is -0.496 e. The highest BCUT2D eigenvalue weighted by atomic mass is 28.3. The molecule has 1 saturated carbocycles. The molecule has 1 aliphatic rings. The van der Waals surface area contributed by atoms with Gasteiger partial charge in [-0.1, -0.05) is 38.9 Å². The second kappa shape index (κ2) is 12.3. The largest absolute Gasteiger partial charge is 0.496 e. The van der Waals surface area contributed by atoms with Crippen LogP contribution in [0.25, 0.3) is 22.5 Å². The number of methoxy groups -OCH3 is 1. The average Bonchev–Trinajstić information content (AvgIpc) is 3.35. The highest BCUT2D eigenvalue weighted by Crippen LogP contribution is 2.35. The Labute approximate surface area is 219 Å². The van der Waals surface area contributed by atoms with Gasteiger partial charge in [-0.3, -0.25) is 9.55 Å². The first-order valence-electron chi connectivity index (χ1n) is 12.9. The fraction of sp³-hybridized carbons (Fsp3) is 0.481. The number of carbonyl (C=O) groups is 1. The number of rotatable bonds is 10. The van der Waals surface area contributed by atoms with Crippen LogP contribution in [-0.2, 0) is 11.5 Å². The minimum absolute atomic E-state index is 0.178. The molecule has 0 atom stereocenters. The smallest absolute Gasteiger partial charge is 0.412 e. The van der Waals surface area contributed by atoms with E-state index in [0.717, 1.165) is 48.4 Å². The third-order valence-electron chi connectivity index (χ3n) is 6.46. The first-order valence-corrected chi connectivity index (χ1v) is 16.6. The van der Waals surface area contributed by atoms with Crippen LogP contribution in [0.15, 0.2) is 43.0 Å². The lowest BCUT2D eigenvalue weighted by atomic mass is 9.96. The van der Waals surface area contributed by atoms with Crippen molar-refractivity contribution in [2.75, 3.05) is 13.7 Å². The van der Waals surface area contributed by atoms with Crippen molar-refractivity contribution in [3.63, 3.8) is 0 Å². The van der Waals surface area contributed by atoms with Crippen LogP contribution in [0.2, 0.25) is 25.7 Å². The van der Waals surface area contributed by atoms with E-state index in [9.17, 15) is 4.79 Å². The van der Waals surface area contributed by atoms with Crippen molar-refractivity contribution >= 4 is 14.2 Å². The van der Waals surface area contributed by atoms with E-state index in [1.54, 1.807) is 44.0 Å². The van der Waals surface area contributed by atoms with Gasteiger partial charge in [0, 0.05) is 49.8 Å². The maximum absolute atomic E-state index is 12.5. The second-order valence-electron chi connectivity index (χ2n) is 10.7. The van der Waals surface area contributed by atoms with Crippen molar-refractivity contribution in [3.05, 3.63) is 43.0 Å². The second-order valence-corrected chi connectivity index (χ2v) is 16.3. The molecule has 0 aliphatic heterocycles. The minimum atomic E-state index is -1.16. The van der Waals surface area contributed by atoms with Crippen molar-refractivity contribution in [2.24, 2.45) is 0 Å². The van der Waals surface area contributed by atoms with E-state index in [2.05, 4.69) is 40.1 Å². The number of ether oxygens (including phenoxy) is 3. The topological polar surface area (TPSA) is 100 Å². The van der Waals surface area contributed by atoms with E-state index in [0.29, 0.717) is 30.7 Å². The number of hydrogen-bond acceptors (Lipinski definition) is 7. The molecule has 10 heteroatoms. The van der Waals surface area contributed by atoms with Gasteiger partial charge in [-0.2, -0.15) is 0 Å². The molecule has 3 aromatic rings. The van der Waals surface area contributed by atoms with Gasteiger partial charge in [0.1, 0.15) is 24.6 Å². The maximum Gasteiger partial charge on any atom is 0.412 e. The fourth-order valence-electron chi connectivity index (χ4n) is 4.35. The van der Waals surface area contributed by atoms with Crippen molar-refractivity contribution in [2.45, 2.75) is 70.6 Å². The molecule has 2 heterocycles. The van der Waals surface area contributed by atoms with Gasteiger partial charge >= 0.3 is 6.09 Å². The van der Waals surface area contributed by atoms with Crippen molar-refractivity contribution in [3.8, 4) is 34.0 Å². The molecule has 1 amide bonds. The lowest BCUT2D eigenvalue weighted by molar-refractivity contribution is 0.0880. The van der Waals surface area contributed by atoms with Gasteiger partial charge in [-0.25, -0.2) is 4.79 Å². The third-order valence-corrected chi connectivity index (χ3v) is 8.16. The van der Waals surface area contributed by atoms with E-state index in [4.69, 9.17) is 14.2 Å². The normalized spacial score (nSPS) is 14.4. The Morgan fingerprint density at radius 2 is 1.89 bits per heavy atom. The summed E-state index contributed by atoms with van der Waals surface area (Å²) in [5.41, 5.74) is 2.37. The van der Waals surface area contributed by atoms with Crippen LogP contribution in [0.4, 0.5) is 4.79 Å². The molecule has 0 saturated heterocycles. The number of nitrogens with zero attached hydrogens (tertiary/aromatic N) is 4. The SMILES string of the molecule is COc1ccc(OC(=O)NC2CCCCC2)cc1-c1cncc(-c2nncn2COCC[Si](C)(C)C)c1. The Bertz CT molecular complexity index is 1190. The van der Waals surface area contributed by atoms with Gasteiger partial charge in [-0.05, 0) is 43.2 Å². The van der Waals surface area contributed by atoms with E-state index in [-0.39, 0.29) is 6.04 Å². The molecule has 0 radical (unpaired) electrons. The lowest BCUT2D eigenvalue weighted by Gasteiger charge is -2.22. The van der Waals surface area contributed by atoms with Gasteiger partial charge < -0.3 is 19.5 Å². The van der Waals surface area contributed by atoms with Gasteiger partial charge in [0.25, 0.3) is 0 Å². The summed E-state index contributed by atoms with van der Waals surface area (Å²) in [6.07, 6.45) is 10.2. The van der Waals surface area contributed by atoms with Crippen molar-refractivity contribution in [1.82, 2.24) is 25.1 Å². The molecule has 198 valence electrons. The third kappa shape index (κ3) is 7.62. The first kappa shape index (κ1) is 26.8. The summed E-state index contributed by atoms with van der Waals surface area (Å²) in [6, 6.07) is 8.56. The number of aromatic nitrogens is 4. The van der Waals surface area contributed by atoms with Crippen LogP contribution in [0.1, 0.15) is 32.1 Å². The summed E-state index contributed by atoms with van der Waals surface area (Å²) in [5, 5.41) is 11.4. The number of pyridine rings is 1. The summed E-state index contributed by atoms with van der Waals surface area (Å²) >= 11 is 0. The molecule has 1 fully saturated rings. The highest BCUT2D eigenvalue weighted by molar-refractivity contribution is 6.76. The zero-order valence-corrected chi connectivity index (χ0v) is 23.2. The molecule has 0 spiro atoms. The first-order chi connectivity index (χ1) is 17.8. The zero-order chi connectivity index (χ0) is 26.3. The average molecular weight is 524 g/mol. The summed E-state index contributed by atoms with van der Waals surface area (Å²) in [6.45, 7) is 8.07. The molecule has 0 bridgehead atoms. The zero-order valence-electron chi connectivity index (χ0n) is 22.2. The fourth-order valence-corrected chi connectivity index (χ4v) is 5.11. The van der Waals surface area contributed by atoms with Gasteiger partial charge in [0.2, 0.25) is 0 Å². The Balaban J connectivity index is 1.49. The monoisotopic (exact) mass is 523 g/mol. The molecular formula is C27H37N5O4Si. The van der Waals surface area contributed by atoms with Crippen LogP contribution in [-0.4, -0.2) is 53.7 Å². The van der Waals surface area contributed by atoms with E-state index >= 15 is 0 Å². The van der Waals surface area contributed by atoms with Crippen LogP contribution in [0, 0.1) is 0 Å². The Kier molecular flexibility index (Phi) is 8.94. The van der Waals surface area contributed by atoms with Crippen molar-refractivity contribution < 1.29 is 19.0 Å². The van der Waals surface area contributed by atoms with Crippen molar-refractivity contribution in [1.29, 1.82) is 0 Å². The number of hydrogen-bond donors (Lipinski definition) is 1. The summed E-state index contributed by atoms with van der Waals surface area (Å²) in [5.74, 6) is 1.75. The maximum atomic E-state index is 12.5. The lowest BCUT2D eigenvalue weighted by Crippen LogP contribution is -2.37. The van der Waals surface area contributed by atoms with Gasteiger partial charge in [0.15, 0.2) is 5.82 Å². The number of carbonyl (C=O) groups excluding carboxylic acids is 1. The van der Waals surface area contributed by atoms with E-state index in [1.165, 1.54) is 6.42 Å². The predicted octanol–water partition coefficient (Wildman–Crippen LogP) is 5.75. The Hall–Kier alpha value is -3.24. The summed E-state index contributed by atoms with van der Waals surface area (Å²) < 4.78 is 19.0.